The lowest BCUT2D eigenvalue weighted by Gasteiger charge is -2.30. The van der Waals surface area contributed by atoms with E-state index in [2.05, 4.69) is 10.00 Å². The highest BCUT2D eigenvalue weighted by Crippen LogP contribution is 2.30. The molecule has 2 aromatic carbocycles. The molecule has 6 nitrogen and oxygen atoms in total. The molecular weight excluding hydrogens is 405 g/mol. The molecule has 0 spiro atoms. The van der Waals surface area contributed by atoms with E-state index in [1.54, 1.807) is 18.3 Å². The van der Waals surface area contributed by atoms with Gasteiger partial charge < -0.3 is 4.90 Å². The maximum atomic E-state index is 13.4. The predicted molar refractivity (Wildman–Crippen MR) is 115 cm³/mol. The Balaban J connectivity index is 1.82. The van der Waals surface area contributed by atoms with Crippen LogP contribution in [0.1, 0.15) is 24.8 Å². The van der Waals surface area contributed by atoms with Crippen molar-refractivity contribution < 1.29 is 12.8 Å². The van der Waals surface area contributed by atoms with Crippen LogP contribution in [0.3, 0.4) is 0 Å². The van der Waals surface area contributed by atoms with E-state index >= 15 is 0 Å². The molecule has 0 amide bonds. The molecule has 0 saturated carbocycles. The van der Waals surface area contributed by atoms with Crippen molar-refractivity contribution in [2.45, 2.75) is 25.0 Å². The second-order valence-corrected chi connectivity index (χ2v) is 8.32. The first-order chi connectivity index (χ1) is 14.5. The van der Waals surface area contributed by atoms with Gasteiger partial charge in [-0.15, -0.1) is 0 Å². The highest BCUT2D eigenvalue weighted by atomic mass is 32.2. The summed E-state index contributed by atoms with van der Waals surface area (Å²) in [6, 6.07) is 12.8. The standard InChI is InChI=1S/C22H22FN3O3S/c23-18-8-10-19(11-9-18)26-22(27)21(25-12-2-1-3-13-25)20(14-24-26)17-6-4-16(5-7-17)15-30(28)29/h4-11,14,30H,1-3,12-13,15H2. The number of halogens is 1. The minimum atomic E-state index is -2.50. The van der Waals surface area contributed by atoms with Crippen LogP contribution in [0.25, 0.3) is 16.8 Å². The van der Waals surface area contributed by atoms with Crippen molar-refractivity contribution in [1.82, 2.24) is 9.78 Å². The third-order valence-electron chi connectivity index (χ3n) is 5.27. The summed E-state index contributed by atoms with van der Waals surface area (Å²) in [7, 11) is -2.50. The number of anilines is 1. The summed E-state index contributed by atoms with van der Waals surface area (Å²) in [4.78, 5) is 15.5. The fourth-order valence-corrected chi connectivity index (χ4v) is 4.29. The maximum Gasteiger partial charge on any atom is 0.295 e. The van der Waals surface area contributed by atoms with Crippen LogP contribution in [0.2, 0.25) is 0 Å². The van der Waals surface area contributed by atoms with E-state index in [0.29, 0.717) is 22.5 Å². The van der Waals surface area contributed by atoms with Crippen molar-refractivity contribution in [3.8, 4) is 16.8 Å². The Morgan fingerprint density at radius 2 is 1.60 bits per heavy atom. The van der Waals surface area contributed by atoms with Gasteiger partial charge in [0.15, 0.2) is 0 Å². The first-order valence-electron chi connectivity index (χ1n) is 9.87. The highest BCUT2D eigenvalue weighted by molar-refractivity contribution is 7.71. The molecule has 1 aliphatic rings. The van der Waals surface area contributed by atoms with Gasteiger partial charge in [0.1, 0.15) is 22.2 Å². The number of thiol groups is 1. The zero-order chi connectivity index (χ0) is 21.1. The first kappa shape index (κ1) is 20.3. The molecule has 0 bridgehead atoms. The van der Waals surface area contributed by atoms with Gasteiger partial charge in [-0.3, -0.25) is 4.79 Å². The minimum Gasteiger partial charge on any atom is -0.366 e. The quantitative estimate of drug-likeness (QED) is 0.634. The first-order valence-corrected chi connectivity index (χ1v) is 11.2. The molecule has 0 N–H and O–H groups in total. The largest absolute Gasteiger partial charge is 0.366 e. The predicted octanol–water partition coefficient (Wildman–Crippen LogP) is 3.14. The van der Waals surface area contributed by atoms with E-state index in [9.17, 15) is 17.6 Å². The average Bonchev–Trinajstić information content (AvgIpc) is 2.75. The van der Waals surface area contributed by atoms with Gasteiger partial charge in [0.25, 0.3) is 5.56 Å². The number of piperidine rings is 1. The lowest BCUT2D eigenvalue weighted by atomic mass is 10.0. The minimum absolute atomic E-state index is 0.0149. The number of hydrogen-bond donors (Lipinski definition) is 1. The Morgan fingerprint density at radius 1 is 0.933 bits per heavy atom. The molecule has 1 aromatic heterocycles. The molecule has 1 aliphatic heterocycles. The summed E-state index contributed by atoms with van der Waals surface area (Å²) in [5, 5.41) is 4.34. The van der Waals surface area contributed by atoms with Gasteiger partial charge >= 0.3 is 0 Å². The molecule has 0 radical (unpaired) electrons. The molecule has 1 fully saturated rings. The lowest BCUT2D eigenvalue weighted by Crippen LogP contribution is -2.37. The van der Waals surface area contributed by atoms with E-state index in [-0.39, 0.29) is 17.1 Å². The fourth-order valence-electron chi connectivity index (χ4n) is 3.78. The third-order valence-corrected chi connectivity index (χ3v) is 5.90. The van der Waals surface area contributed by atoms with Gasteiger partial charge in [0.2, 0.25) is 0 Å². The van der Waals surface area contributed by atoms with Gasteiger partial charge in [0, 0.05) is 18.7 Å². The normalized spacial score (nSPS) is 14.3. The van der Waals surface area contributed by atoms with Crippen molar-refractivity contribution in [3.05, 3.63) is 76.5 Å². The maximum absolute atomic E-state index is 13.4. The van der Waals surface area contributed by atoms with E-state index in [1.807, 2.05) is 12.1 Å². The zero-order valence-corrected chi connectivity index (χ0v) is 17.2. The Morgan fingerprint density at radius 3 is 2.23 bits per heavy atom. The second kappa shape index (κ2) is 8.79. The van der Waals surface area contributed by atoms with Crippen LogP contribution < -0.4 is 10.5 Å². The highest BCUT2D eigenvalue weighted by Gasteiger charge is 2.21. The van der Waals surface area contributed by atoms with Crippen molar-refractivity contribution in [2.24, 2.45) is 0 Å². The van der Waals surface area contributed by atoms with Crippen LogP contribution in [0, 0.1) is 5.82 Å². The second-order valence-electron chi connectivity index (χ2n) is 7.34. The van der Waals surface area contributed by atoms with Crippen LogP contribution in [0.4, 0.5) is 10.1 Å². The molecule has 4 rings (SSSR count). The van der Waals surface area contributed by atoms with Crippen LogP contribution >= 0.6 is 0 Å². The van der Waals surface area contributed by atoms with Gasteiger partial charge in [-0.2, -0.15) is 9.78 Å². The molecule has 0 unspecified atom stereocenters. The topological polar surface area (TPSA) is 72.3 Å². The van der Waals surface area contributed by atoms with E-state index in [4.69, 9.17) is 0 Å². The summed E-state index contributed by atoms with van der Waals surface area (Å²) >= 11 is 0. The third kappa shape index (κ3) is 4.28. The number of nitrogens with zero attached hydrogens (tertiary/aromatic N) is 3. The van der Waals surface area contributed by atoms with Crippen LogP contribution in [0.5, 0.6) is 0 Å². The Labute approximate surface area is 175 Å². The molecule has 2 heterocycles. The fraction of sp³-hybridized carbons (Fsp3) is 0.273. The summed E-state index contributed by atoms with van der Waals surface area (Å²) in [6.45, 7) is 1.56. The molecule has 0 atom stereocenters. The van der Waals surface area contributed by atoms with E-state index < -0.39 is 10.7 Å². The summed E-state index contributed by atoms with van der Waals surface area (Å²) < 4.78 is 36.6. The summed E-state index contributed by atoms with van der Waals surface area (Å²) in [5.74, 6) is -0.390. The van der Waals surface area contributed by atoms with Crippen molar-refractivity contribution in [1.29, 1.82) is 0 Å². The summed E-state index contributed by atoms with van der Waals surface area (Å²) in [6.07, 6.45) is 4.80. The Bertz CT molecular complexity index is 1160. The summed E-state index contributed by atoms with van der Waals surface area (Å²) in [5.41, 5.74) is 3.02. The molecule has 3 aromatic rings. The van der Waals surface area contributed by atoms with Crippen molar-refractivity contribution in [2.75, 3.05) is 18.0 Å². The van der Waals surface area contributed by atoms with Gasteiger partial charge in [-0.05, 0) is 54.7 Å². The Hall–Kier alpha value is -3.00. The molecule has 1 saturated heterocycles. The average molecular weight is 428 g/mol. The molecular formula is C22H22FN3O3S. The number of rotatable bonds is 5. The van der Waals surface area contributed by atoms with Gasteiger partial charge in [-0.25, -0.2) is 12.8 Å². The van der Waals surface area contributed by atoms with Gasteiger partial charge in [-0.1, -0.05) is 24.3 Å². The van der Waals surface area contributed by atoms with Crippen molar-refractivity contribution >= 4 is 16.4 Å². The SMILES string of the molecule is O=c1c(N2CCCCC2)c(-c2ccc(C[SH](=O)=O)cc2)cnn1-c1ccc(F)cc1. The smallest absolute Gasteiger partial charge is 0.295 e. The van der Waals surface area contributed by atoms with Crippen LogP contribution in [-0.4, -0.2) is 31.3 Å². The molecule has 0 aliphatic carbocycles. The van der Waals surface area contributed by atoms with E-state index in [0.717, 1.165) is 37.9 Å². The molecule has 156 valence electrons. The zero-order valence-electron chi connectivity index (χ0n) is 16.3. The Kier molecular flexibility index (Phi) is 5.94. The number of aromatic nitrogens is 2. The number of benzene rings is 2. The number of hydrogen-bond acceptors (Lipinski definition) is 5. The monoisotopic (exact) mass is 427 g/mol. The molecule has 8 heteroatoms. The van der Waals surface area contributed by atoms with Crippen LogP contribution in [0.15, 0.2) is 59.5 Å². The van der Waals surface area contributed by atoms with Crippen LogP contribution in [-0.2, 0) is 16.5 Å². The van der Waals surface area contributed by atoms with Crippen molar-refractivity contribution in [3.63, 3.8) is 0 Å². The van der Waals surface area contributed by atoms with E-state index in [1.165, 1.54) is 28.9 Å². The molecule has 30 heavy (non-hydrogen) atoms. The lowest BCUT2D eigenvalue weighted by molar-refractivity contribution is 0.574. The van der Waals surface area contributed by atoms with Gasteiger partial charge in [0.05, 0.1) is 17.6 Å².